The van der Waals surface area contributed by atoms with Gasteiger partial charge in [0, 0.05) is 6.42 Å². The molecule has 0 spiro atoms. The van der Waals surface area contributed by atoms with Crippen LogP contribution in [0.4, 0.5) is 0 Å². The van der Waals surface area contributed by atoms with Crippen molar-refractivity contribution in [3.63, 3.8) is 0 Å². The van der Waals surface area contributed by atoms with Crippen molar-refractivity contribution < 1.29 is 13.6 Å². The van der Waals surface area contributed by atoms with Crippen LogP contribution in [0.2, 0.25) is 39.3 Å². The van der Waals surface area contributed by atoms with E-state index in [9.17, 15) is 0 Å². The third-order valence-electron chi connectivity index (χ3n) is 4.14. The quantitative estimate of drug-likeness (QED) is 0.136. The SMILES string of the molecule is CCCCCCCCCCCC(=S)OCC(CO[Si](C)(C)C)O[Si](C)(C)C. The Bertz CT molecular complexity index is 379. The molecule has 162 valence electrons. The lowest BCUT2D eigenvalue weighted by atomic mass is 10.1. The zero-order valence-corrected chi connectivity index (χ0v) is 22.0. The highest BCUT2D eigenvalue weighted by atomic mass is 32.1. The van der Waals surface area contributed by atoms with Crippen molar-refractivity contribution in [1.29, 1.82) is 0 Å². The predicted molar refractivity (Wildman–Crippen MR) is 128 cm³/mol. The summed E-state index contributed by atoms with van der Waals surface area (Å²) in [6.07, 6.45) is 12.8. The van der Waals surface area contributed by atoms with E-state index >= 15 is 0 Å². The summed E-state index contributed by atoms with van der Waals surface area (Å²) in [7, 11) is -3.18. The molecule has 0 aromatic carbocycles. The predicted octanol–water partition coefficient (Wildman–Crippen LogP) is 7.32. The van der Waals surface area contributed by atoms with Crippen molar-refractivity contribution >= 4 is 33.9 Å². The number of hydrogen-bond donors (Lipinski definition) is 0. The van der Waals surface area contributed by atoms with Crippen LogP contribution in [-0.4, -0.2) is 41.0 Å². The van der Waals surface area contributed by atoms with Gasteiger partial charge in [-0.3, -0.25) is 0 Å². The van der Waals surface area contributed by atoms with E-state index in [0.717, 1.165) is 17.9 Å². The Morgan fingerprint density at radius 2 is 1.26 bits per heavy atom. The van der Waals surface area contributed by atoms with Gasteiger partial charge in [-0.1, -0.05) is 58.3 Å². The van der Waals surface area contributed by atoms with Crippen molar-refractivity contribution in [2.24, 2.45) is 0 Å². The van der Waals surface area contributed by atoms with Crippen molar-refractivity contribution in [3.05, 3.63) is 0 Å². The van der Waals surface area contributed by atoms with E-state index in [2.05, 4.69) is 46.2 Å². The van der Waals surface area contributed by atoms with Gasteiger partial charge in [-0.15, -0.1) is 0 Å². The van der Waals surface area contributed by atoms with Crippen LogP contribution in [0, 0.1) is 0 Å². The molecule has 1 unspecified atom stereocenters. The largest absolute Gasteiger partial charge is 0.484 e. The first-order valence-corrected chi connectivity index (χ1v) is 18.2. The molecule has 0 saturated carbocycles. The number of unbranched alkanes of at least 4 members (excludes halogenated alkanes) is 8. The van der Waals surface area contributed by atoms with Crippen LogP contribution in [0.1, 0.15) is 71.1 Å². The smallest absolute Gasteiger partial charge is 0.184 e. The molecule has 0 radical (unpaired) electrons. The minimum Gasteiger partial charge on any atom is -0.484 e. The van der Waals surface area contributed by atoms with Crippen LogP contribution in [0.5, 0.6) is 0 Å². The molecule has 0 bridgehead atoms. The van der Waals surface area contributed by atoms with Crippen LogP contribution in [0.3, 0.4) is 0 Å². The highest BCUT2D eigenvalue weighted by Gasteiger charge is 2.24. The molecule has 6 heteroatoms. The maximum absolute atomic E-state index is 6.23. The number of hydrogen-bond acceptors (Lipinski definition) is 4. The van der Waals surface area contributed by atoms with E-state index in [-0.39, 0.29) is 6.10 Å². The monoisotopic (exact) mass is 434 g/mol. The van der Waals surface area contributed by atoms with Gasteiger partial charge in [0.05, 0.1) is 6.61 Å². The highest BCUT2D eigenvalue weighted by molar-refractivity contribution is 7.80. The zero-order chi connectivity index (χ0) is 20.8. The van der Waals surface area contributed by atoms with Gasteiger partial charge in [0.15, 0.2) is 21.7 Å². The third-order valence-corrected chi connectivity index (χ3v) is 6.53. The fourth-order valence-electron chi connectivity index (χ4n) is 2.80. The summed E-state index contributed by atoms with van der Waals surface area (Å²) >= 11 is 5.42. The van der Waals surface area contributed by atoms with Gasteiger partial charge in [0.1, 0.15) is 12.7 Å². The molecule has 0 aliphatic heterocycles. The van der Waals surface area contributed by atoms with Crippen LogP contribution in [-0.2, 0) is 13.6 Å². The molecule has 0 amide bonds. The molecular weight excluding hydrogens is 388 g/mol. The van der Waals surface area contributed by atoms with E-state index < -0.39 is 16.6 Å². The van der Waals surface area contributed by atoms with Crippen molar-refractivity contribution in [1.82, 2.24) is 0 Å². The van der Waals surface area contributed by atoms with E-state index in [0.29, 0.717) is 13.2 Å². The lowest BCUT2D eigenvalue weighted by Crippen LogP contribution is -2.40. The van der Waals surface area contributed by atoms with Gasteiger partial charge >= 0.3 is 0 Å². The number of ether oxygens (including phenoxy) is 1. The van der Waals surface area contributed by atoms with Gasteiger partial charge in [-0.05, 0) is 57.9 Å². The summed E-state index contributed by atoms with van der Waals surface area (Å²) in [6.45, 7) is 16.6. The molecule has 0 N–H and O–H groups in total. The Hall–Kier alpha value is 0.244. The molecule has 0 saturated heterocycles. The summed E-state index contributed by atoms with van der Waals surface area (Å²) in [5, 5.41) is 0.732. The van der Waals surface area contributed by atoms with Crippen LogP contribution in [0.15, 0.2) is 0 Å². The Morgan fingerprint density at radius 1 is 0.741 bits per heavy atom. The number of thiocarbonyl (C=S) groups is 1. The first-order chi connectivity index (χ1) is 12.5. The molecule has 0 fully saturated rings. The normalized spacial score (nSPS) is 13.6. The van der Waals surface area contributed by atoms with Crippen molar-refractivity contribution in [2.45, 2.75) is 117 Å². The highest BCUT2D eigenvalue weighted by Crippen LogP contribution is 2.14. The molecule has 0 rings (SSSR count). The van der Waals surface area contributed by atoms with E-state index in [1.807, 2.05) is 0 Å². The topological polar surface area (TPSA) is 27.7 Å². The maximum atomic E-state index is 6.23. The zero-order valence-electron chi connectivity index (χ0n) is 19.2. The Labute approximate surface area is 177 Å². The molecular formula is C21H46O3SSi2. The Kier molecular flexibility index (Phi) is 15.3. The van der Waals surface area contributed by atoms with Crippen LogP contribution < -0.4 is 0 Å². The molecule has 27 heavy (non-hydrogen) atoms. The van der Waals surface area contributed by atoms with Gasteiger partial charge in [-0.25, -0.2) is 0 Å². The van der Waals surface area contributed by atoms with Gasteiger partial charge in [0.2, 0.25) is 0 Å². The lowest BCUT2D eigenvalue weighted by Gasteiger charge is -2.29. The summed E-state index contributed by atoms with van der Waals surface area (Å²) < 4.78 is 18.1. The molecule has 0 aliphatic rings. The van der Waals surface area contributed by atoms with E-state index in [1.54, 1.807) is 0 Å². The Balaban J connectivity index is 3.91. The molecule has 1 atom stereocenters. The minimum atomic E-state index is -1.63. The standard InChI is InChI=1S/C21H46O3SSi2/c1-8-9-10-11-12-13-14-15-16-17-21(25)22-18-20(24-27(5,6)7)19-23-26(2,3)4/h20H,8-19H2,1-7H3. The number of rotatable bonds is 17. The molecule has 0 aromatic heterocycles. The second kappa shape index (κ2) is 15.1. The summed E-state index contributed by atoms with van der Waals surface area (Å²) in [5.74, 6) is 0. The van der Waals surface area contributed by atoms with Crippen molar-refractivity contribution in [3.8, 4) is 0 Å². The fraction of sp³-hybridized carbons (Fsp3) is 0.952. The van der Waals surface area contributed by atoms with Gasteiger partial charge in [-0.2, -0.15) is 0 Å². The van der Waals surface area contributed by atoms with Crippen molar-refractivity contribution in [2.75, 3.05) is 13.2 Å². The minimum absolute atomic E-state index is 0.00976. The van der Waals surface area contributed by atoms with E-state index in [4.69, 9.17) is 25.8 Å². The summed E-state index contributed by atoms with van der Waals surface area (Å²) in [4.78, 5) is 0. The first kappa shape index (κ1) is 27.2. The van der Waals surface area contributed by atoms with Crippen LogP contribution >= 0.6 is 12.2 Å². The second-order valence-corrected chi connectivity index (χ2v) is 19.0. The average molecular weight is 435 g/mol. The maximum Gasteiger partial charge on any atom is 0.184 e. The summed E-state index contributed by atoms with van der Waals surface area (Å²) in [5.41, 5.74) is 0. The third kappa shape index (κ3) is 20.8. The fourth-order valence-corrected chi connectivity index (χ4v) is 4.83. The van der Waals surface area contributed by atoms with Gasteiger partial charge < -0.3 is 13.6 Å². The molecule has 0 aliphatic carbocycles. The Morgan fingerprint density at radius 3 is 1.74 bits per heavy atom. The summed E-state index contributed by atoms with van der Waals surface area (Å²) in [6, 6.07) is 0. The van der Waals surface area contributed by atoms with Crippen LogP contribution in [0.25, 0.3) is 0 Å². The van der Waals surface area contributed by atoms with Gasteiger partial charge in [0.25, 0.3) is 0 Å². The average Bonchev–Trinajstić information content (AvgIpc) is 2.54. The molecule has 0 heterocycles. The first-order valence-electron chi connectivity index (χ1n) is 11.0. The molecule has 3 nitrogen and oxygen atoms in total. The lowest BCUT2D eigenvalue weighted by molar-refractivity contribution is 0.0691. The van der Waals surface area contributed by atoms with E-state index in [1.165, 1.54) is 51.4 Å². The molecule has 0 aromatic rings. The second-order valence-electron chi connectivity index (χ2n) is 9.54.